The number of rotatable bonds is 5. The second kappa shape index (κ2) is 6.69. The molecule has 4 heteroatoms. The lowest BCUT2D eigenvalue weighted by atomic mass is 9.84. The minimum Gasteiger partial charge on any atom is -0.395 e. The maximum Gasteiger partial charge on any atom is 0.0629 e. The molecule has 102 valence electrons. The number of nitrogens with zero attached hydrogens (tertiary/aromatic N) is 1. The third kappa shape index (κ3) is 3.65. The second-order valence-corrected chi connectivity index (χ2v) is 5.62. The number of aliphatic hydroxyl groups excluding tert-OH is 1. The molecule has 0 aromatic rings. The highest BCUT2D eigenvalue weighted by Crippen LogP contribution is 2.28. The molecule has 0 spiro atoms. The summed E-state index contributed by atoms with van der Waals surface area (Å²) in [6.45, 7) is 8.41. The Morgan fingerprint density at radius 2 is 2.06 bits per heavy atom. The first-order chi connectivity index (χ1) is 8.01. The van der Waals surface area contributed by atoms with Gasteiger partial charge in [-0.25, -0.2) is 0 Å². The largest absolute Gasteiger partial charge is 0.395 e. The number of methoxy groups -OCH3 is 1. The number of piperidine rings is 1. The Balaban J connectivity index is 2.71. The highest BCUT2D eigenvalue weighted by atomic mass is 16.5. The van der Waals surface area contributed by atoms with Gasteiger partial charge in [-0.15, -0.1) is 0 Å². The normalized spacial score (nSPS) is 34.6. The van der Waals surface area contributed by atoms with Gasteiger partial charge in [-0.2, -0.15) is 0 Å². The van der Waals surface area contributed by atoms with E-state index >= 15 is 0 Å². The predicted molar refractivity (Wildman–Crippen MR) is 69.8 cm³/mol. The summed E-state index contributed by atoms with van der Waals surface area (Å²) in [5.74, 6) is 1.33. The van der Waals surface area contributed by atoms with Gasteiger partial charge in [0.15, 0.2) is 0 Å². The van der Waals surface area contributed by atoms with Crippen LogP contribution in [0.1, 0.15) is 27.2 Å². The average Bonchev–Trinajstić information content (AvgIpc) is 2.26. The Bertz CT molecular complexity index is 225. The molecule has 17 heavy (non-hydrogen) atoms. The Morgan fingerprint density at radius 3 is 2.59 bits per heavy atom. The van der Waals surface area contributed by atoms with Crippen LogP contribution in [0.3, 0.4) is 0 Å². The van der Waals surface area contributed by atoms with Gasteiger partial charge < -0.3 is 15.6 Å². The van der Waals surface area contributed by atoms with Crippen molar-refractivity contribution in [3.8, 4) is 0 Å². The van der Waals surface area contributed by atoms with E-state index in [4.69, 9.17) is 10.5 Å². The summed E-state index contributed by atoms with van der Waals surface area (Å²) in [4.78, 5) is 2.36. The molecule has 1 saturated heterocycles. The van der Waals surface area contributed by atoms with E-state index in [2.05, 4.69) is 25.7 Å². The number of ether oxygens (including phenoxy) is 1. The lowest BCUT2D eigenvalue weighted by Gasteiger charge is -2.46. The van der Waals surface area contributed by atoms with Crippen LogP contribution in [0.4, 0.5) is 0 Å². The van der Waals surface area contributed by atoms with Crippen molar-refractivity contribution in [2.45, 2.75) is 45.3 Å². The van der Waals surface area contributed by atoms with E-state index in [0.717, 1.165) is 6.54 Å². The Kier molecular flexibility index (Phi) is 5.86. The van der Waals surface area contributed by atoms with E-state index in [1.54, 1.807) is 7.11 Å². The molecule has 0 amide bonds. The molecule has 1 heterocycles. The summed E-state index contributed by atoms with van der Waals surface area (Å²) < 4.78 is 5.10. The quantitative estimate of drug-likeness (QED) is 0.747. The van der Waals surface area contributed by atoms with Crippen molar-refractivity contribution in [2.24, 2.45) is 17.6 Å². The van der Waals surface area contributed by atoms with E-state index in [0.29, 0.717) is 24.5 Å². The molecular formula is C13H28N2O2. The van der Waals surface area contributed by atoms with Crippen molar-refractivity contribution in [2.75, 3.05) is 26.9 Å². The molecule has 5 unspecified atom stereocenters. The van der Waals surface area contributed by atoms with Gasteiger partial charge in [0.1, 0.15) is 0 Å². The van der Waals surface area contributed by atoms with E-state index in [1.807, 2.05) is 0 Å². The minimum atomic E-state index is -0.120. The molecule has 1 rings (SSSR count). The van der Waals surface area contributed by atoms with Crippen LogP contribution in [0.2, 0.25) is 0 Å². The van der Waals surface area contributed by atoms with Crippen LogP contribution in [0.15, 0.2) is 0 Å². The van der Waals surface area contributed by atoms with Gasteiger partial charge in [0.05, 0.1) is 19.3 Å². The molecule has 1 aliphatic heterocycles. The van der Waals surface area contributed by atoms with E-state index < -0.39 is 0 Å². The van der Waals surface area contributed by atoms with Crippen molar-refractivity contribution in [3.63, 3.8) is 0 Å². The number of likely N-dealkylation sites (tertiary alicyclic amines) is 1. The SMILES string of the molecule is COCC(N)C(CO)N1CC(C)CC(C)C1C. The van der Waals surface area contributed by atoms with Crippen LogP contribution in [0.5, 0.6) is 0 Å². The van der Waals surface area contributed by atoms with Gasteiger partial charge in [0, 0.05) is 25.7 Å². The predicted octanol–water partition coefficient (Wildman–Crippen LogP) is 0.687. The summed E-state index contributed by atoms with van der Waals surface area (Å²) in [6.07, 6.45) is 1.26. The summed E-state index contributed by atoms with van der Waals surface area (Å²) in [6, 6.07) is 0.367. The Labute approximate surface area is 105 Å². The highest BCUT2D eigenvalue weighted by molar-refractivity contribution is 4.90. The number of hydrogen-bond acceptors (Lipinski definition) is 4. The summed E-state index contributed by atoms with van der Waals surface area (Å²) in [7, 11) is 1.65. The topological polar surface area (TPSA) is 58.7 Å². The molecule has 0 aliphatic carbocycles. The Morgan fingerprint density at radius 1 is 1.41 bits per heavy atom. The first-order valence-corrected chi connectivity index (χ1v) is 6.62. The first kappa shape index (κ1) is 14.9. The van der Waals surface area contributed by atoms with Crippen molar-refractivity contribution < 1.29 is 9.84 Å². The molecule has 0 aromatic carbocycles. The molecule has 4 nitrogen and oxygen atoms in total. The fourth-order valence-electron chi connectivity index (χ4n) is 2.99. The van der Waals surface area contributed by atoms with E-state index in [9.17, 15) is 5.11 Å². The van der Waals surface area contributed by atoms with Crippen LogP contribution < -0.4 is 5.73 Å². The highest BCUT2D eigenvalue weighted by Gasteiger charge is 2.35. The molecule has 0 radical (unpaired) electrons. The number of hydrogen-bond donors (Lipinski definition) is 2. The van der Waals surface area contributed by atoms with Gasteiger partial charge in [-0.1, -0.05) is 13.8 Å². The van der Waals surface area contributed by atoms with Crippen molar-refractivity contribution in [1.29, 1.82) is 0 Å². The van der Waals surface area contributed by atoms with Crippen LogP contribution >= 0.6 is 0 Å². The van der Waals surface area contributed by atoms with Crippen molar-refractivity contribution in [1.82, 2.24) is 4.90 Å². The van der Waals surface area contributed by atoms with Gasteiger partial charge in [-0.05, 0) is 25.2 Å². The van der Waals surface area contributed by atoms with Crippen LogP contribution in [0.25, 0.3) is 0 Å². The molecule has 0 saturated carbocycles. The molecule has 0 bridgehead atoms. The van der Waals surface area contributed by atoms with Gasteiger partial charge in [0.2, 0.25) is 0 Å². The first-order valence-electron chi connectivity index (χ1n) is 6.62. The van der Waals surface area contributed by atoms with Crippen LogP contribution in [-0.2, 0) is 4.74 Å². The van der Waals surface area contributed by atoms with Crippen molar-refractivity contribution in [3.05, 3.63) is 0 Å². The van der Waals surface area contributed by atoms with Crippen molar-refractivity contribution >= 4 is 0 Å². The van der Waals surface area contributed by atoms with Crippen LogP contribution in [0, 0.1) is 11.8 Å². The third-order valence-corrected chi connectivity index (χ3v) is 4.11. The van der Waals surface area contributed by atoms with Gasteiger partial charge >= 0.3 is 0 Å². The summed E-state index contributed by atoms with van der Waals surface area (Å²) >= 11 is 0. The lowest BCUT2D eigenvalue weighted by Crippen LogP contribution is -2.59. The molecule has 0 aromatic heterocycles. The van der Waals surface area contributed by atoms with E-state index in [1.165, 1.54) is 6.42 Å². The minimum absolute atomic E-state index is 0.00940. The smallest absolute Gasteiger partial charge is 0.0629 e. The molecule has 3 N–H and O–H groups in total. The zero-order valence-electron chi connectivity index (χ0n) is 11.6. The summed E-state index contributed by atoms with van der Waals surface area (Å²) in [5.41, 5.74) is 6.10. The fraction of sp³-hybridized carbons (Fsp3) is 1.00. The fourth-order valence-corrected chi connectivity index (χ4v) is 2.99. The van der Waals surface area contributed by atoms with E-state index in [-0.39, 0.29) is 18.7 Å². The van der Waals surface area contributed by atoms with Gasteiger partial charge in [-0.3, -0.25) is 4.90 Å². The summed E-state index contributed by atoms with van der Waals surface area (Å²) in [5, 5.41) is 9.59. The van der Waals surface area contributed by atoms with Crippen LogP contribution in [-0.4, -0.2) is 55.0 Å². The zero-order chi connectivity index (χ0) is 13.0. The second-order valence-electron chi connectivity index (χ2n) is 5.62. The third-order valence-electron chi connectivity index (χ3n) is 4.11. The lowest BCUT2D eigenvalue weighted by molar-refractivity contribution is -0.00512. The Hall–Kier alpha value is -0.160. The maximum absolute atomic E-state index is 9.59. The molecule has 1 aliphatic rings. The number of aliphatic hydroxyl groups is 1. The standard InChI is InChI=1S/C13H28N2O2/c1-9-5-10(2)11(3)15(6-9)13(7-16)12(14)8-17-4/h9-13,16H,5-8,14H2,1-4H3. The zero-order valence-corrected chi connectivity index (χ0v) is 11.6. The number of nitrogens with two attached hydrogens (primary N) is 1. The monoisotopic (exact) mass is 244 g/mol. The molecule has 5 atom stereocenters. The average molecular weight is 244 g/mol. The molecule has 1 fully saturated rings. The van der Waals surface area contributed by atoms with Gasteiger partial charge in [0.25, 0.3) is 0 Å². The maximum atomic E-state index is 9.59. The molecular weight excluding hydrogens is 216 g/mol.